The van der Waals surface area contributed by atoms with E-state index in [9.17, 15) is 0 Å². The second-order valence-corrected chi connectivity index (χ2v) is 3.44. The average Bonchev–Trinajstić information content (AvgIpc) is 2.12. The maximum absolute atomic E-state index is 4.99. The van der Waals surface area contributed by atoms with E-state index in [1.807, 2.05) is 12.3 Å². The van der Waals surface area contributed by atoms with E-state index in [4.69, 9.17) is 4.74 Å². The maximum Gasteiger partial charge on any atom is 0.212 e. The Bertz CT molecular complexity index is 267. The highest BCUT2D eigenvalue weighted by atomic mass is 16.5. The number of ether oxygens (including phenoxy) is 1. The van der Waals surface area contributed by atoms with Gasteiger partial charge in [-0.05, 0) is 31.0 Å². The molecule has 0 unspecified atom stereocenters. The van der Waals surface area contributed by atoms with E-state index in [1.54, 1.807) is 7.11 Å². The van der Waals surface area contributed by atoms with Gasteiger partial charge in [-0.1, -0.05) is 6.07 Å². The monoisotopic (exact) mass is 178 g/mol. The number of rotatable bonds is 3. The van der Waals surface area contributed by atoms with Crippen molar-refractivity contribution < 1.29 is 4.74 Å². The van der Waals surface area contributed by atoms with Gasteiger partial charge in [-0.15, -0.1) is 0 Å². The number of hydrogen-bond acceptors (Lipinski definition) is 3. The third-order valence-corrected chi connectivity index (χ3v) is 2.40. The topological polar surface area (TPSA) is 34.1 Å². The Morgan fingerprint density at radius 2 is 2.38 bits per heavy atom. The zero-order valence-corrected chi connectivity index (χ0v) is 7.79. The molecule has 3 heteroatoms. The van der Waals surface area contributed by atoms with E-state index in [0.29, 0.717) is 5.88 Å². The second-order valence-electron chi connectivity index (χ2n) is 3.44. The molecule has 0 aromatic carbocycles. The zero-order valence-electron chi connectivity index (χ0n) is 7.79. The molecule has 0 radical (unpaired) electrons. The van der Waals surface area contributed by atoms with Crippen molar-refractivity contribution in [1.82, 2.24) is 10.3 Å². The van der Waals surface area contributed by atoms with Crippen LogP contribution in [0.2, 0.25) is 0 Å². The smallest absolute Gasteiger partial charge is 0.212 e. The highest BCUT2D eigenvalue weighted by Gasteiger charge is 2.16. The minimum absolute atomic E-state index is 0.690. The van der Waals surface area contributed by atoms with Gasteiger partial charge in [-0.3, -0.25) is 0 Å². The molecule has 1 aromatic heterocycles. The molecule has 0 saturated carbocycles. The van der Waals surface area contributed by atoms with Crippen LogP contribution in [0.4, 0.5) is 0 Å². The minimum atomic E-state index is 0.690. The van der Waals surface area contributed by atoms with Crippen LogP contribution in [0.25, 0.3) is 0 Å². The van der Waals surface area contributed by atoms with Gasteiger partial charge in [0.1, 0.15) is 0 Å². The third-order valence-electron chi connectivity index (χ3n) is 2.40. The molecule has 1 fully saturated rings. The van der Waals surface area contributed by atoms with Crippen LogP contribution >= 0.6 is 0 Å². The third kappa shape index (κ3) is 1.98. The molecular formula is C10H14N2O. The Morgan fingerprint density at radius 3 is 2.85 bits per heavy atom. The number of nitrogens with one attached hydrogen (secondary N) is 1. The summed E-state index contributed by atoms with van der Waals surface area (Å²) >= 11 is 0. The van der Waals surface area contributed by atoms with E-state index in [-0.39, 0.29) is 0 Å². The van der Waals surface area contributed by atoms with Gasteiger partial charge in [-0.2, -0.15) is 0 Å². The Kier molecular flexibility index (Phi) is 2.45. The van der Waals surface area contributed by atoms with Gasteiger partial charge in [0.2, 0.25) is 5.88 Å². The standard InChI is InChI=1S/C10H14N2O/c1-13-10-3-2-8(7-12-10)4-9-5-11-6-9/h2-3,7,9,11H,4-6H2,1H3. The highest BCUT2D eigenvalue weighted by molar-refractivity contribution is 5.18. The van der Waals surface area contributed by atoms with Crippen molar-refractivity contribution in [3.63, 3.8) is 0 Å². The van der Waals surface area contributed by atoms with Crippen LogP contribution in [0, 0.1) is 5.92 Å². The lowest BCUT2D eigenvalue weighted by Gasteiger charge is -2.26. The summed E-state index contributed by atoms with van der Waals surface area (Å²) in [6.07, 6.45) is 3.03. The molecule has 0 atom stereocenters. The molecule has 1 N–H and O–H groups in total. The summed E-state index contributed by atoms with van der Waals surface area (Å²) in [5, 5.41) is 3.26. The molecule has 13 heavy (non-hydrogen) atoms. The van der Waals surface area contributed by atoms with Gasteiger partial charge < -0.3 is 10.1 Å². The van der Waals surface area contributed by atoms with Crippen molar-refractivity contribution in [1.29, 1.82) is 0 Å². The van der Waals surface area contributed by atoms with Crippen LogP contribution in [-0.4, -0.2) is 25.2 Å². The molecule has 1 saturated heterocycles. The normalized spacial score (nSPS) is 16.7. The number of pyridine rings is 1. The van der Waals surface area contributed by atoms with Crippen molar-refractivity contribution in [2.24, 2.45) is 5.92 Å². The van der Waals surface area contributed by atoms with E-state index in [1.165, 1.54) is 5.56 Å². The lowest BCUT2D eigenvalue weighted by atomic mass is 9.95. The van der Waals surface area contributed by atoms with E-state index >= 15 is 0 Å². The maximum atomic E-state index is 4.99. The molecule has 70 valence electrons. The summed E-state index contributed by atoms with van der Waals surface area (Å²) in [6, 6.07) is 4.01. The van der Waals surface area contributed by atoms with Crippen molar-refractivity contribution >= 4 is 0 Å². The molecule has 0 spiro atoms. The highest BCUT2D eigenvalue weighted by Crippen LogP contribution is 2.13. The van der Waals surface area contributed by atoms with Crippen molar-refractivity contribution in [2.75, 3.05) is 20.2 Å². The fourth-order valence-electron chi connectivity index (χ4n) is 1.48. The molecule has 0 bridgehead atoms. The first-order chi connectivity index (χ1) is 6.38. The molecule has 1 aromatic rings. The van der Waals surface area contributed by atoms with E-state index in [2.05, 4.69) is 16.4 Å². The quantitative estimate of drug-likeness (QED) is 0.745. The summed E-state index contributed by atoms with van der Waals surface area (Å²) in [5.74, 6) is 1.49. The Morgan fingerprint density at radius 1 is 1.54 bits per heavy atom. The summed E-state index contributed by atoms with van der Waals surface area (Å²) in [4.78, 5) is 4.17. The fourth-order valence-corrected chi connectivity index (χ4v) is 1.48. The molecule has 0 aliphatic carbocycles. The second kappa shape index (κ2) is 3.75. The zero-order chi connectivity index (χ0) is 9.10. The number of hydrogen-bond donors (Lipinski definition) is 1. The number of nitrogens with zero attached hydrogens (tertiary/aromatic N) is 1. The molecule has 1 aliphatic rings. The van der Waals surface area contributed by atoms with Gasteiger partial charge >= 0.3 is 0 Å². The summed E-state index contributed by atoms with van der Waals surface area (Å²) in [5.41, 5.74) is 1.30. The van der Waals surface area contributed by atoms with Crippen LogP contribution < -0.4 is 10.1 Å². The molecule has 3 nitrogen and oxygen atoms in total. The first kappa shape index (κ1) is 8.51. The van der Waals surface area contributed by atoms with Gasteiger partial charge in [0.05, 0.1) is 7.11 Å². The summed E-state index contributed by atoms with van der Waals surface area (Å²) < 4.78 is 4.99. The van der Waals surface area contributed by atoms with Crippen LogP contribution in [0.15, 0.2) is 18.3 Å². The van der Waals surface area contributed by atoms with E-state index in [0.717, 1.165) is 25.4 Å². The van der Waals surface area contributed by atoms with Crippen LogP contribution in [0.1, 0.15) is 5.56 Å². The van der Waals surface area contributed by atoms with Gasteiger partial charge in [0.25, 0.3) is 0 Å². The minimum Gasteiger partial charge on any atom is -0.481 e. The molecule has 2 heterocycles. The van der Waals surface area contributed by atoms with Crippen LogP contribution in [0.5, 0.6) is 5.88 Å². The Hall–Kier alpha value is -1.09. The van der Waals surface area contributed by atoms with E-state index < -0.39 is 0 Å². The van der Waals surface area contributed by atoms with Crippen LogP contribution in [0.3, 0.4) is 0 Å². The van der Waals surface area contributed by atoms with Crippen molar-refractivity contribution in [2.45, 2.75) is 6.42 Å². The predicted molar refractivity (Wildman–Crippen MR) is 50.9 cm³/mol. The number of aromatic nitrogens is 1. The first-order valence-electron chi connectivity index (χ1n) is 4.58. The lowest BCUT2D eigenvalue weighted by Crippen LogP contribution is -2.43. The van der Waals surface area contributed by atoms with Gasteiger partial charge in [0, 0.05) is 12.3 Å². The first-order valence-corrected chi connectivity index (χ1v) is 4.58. The van der Waals surface area contributed by atoms with Gasteiger partial charge in [0.15, 0.2) is 0 Å². The van der Waals surface area contributed by atoms with Crippen molar-refractivity contribution in [3.8, 4) is 5.88 Å². The molecule has 1 aliphatic heterocycles. The van der Waals surface area contributed by atoms with Crippen LogP contribution in [-0.2, 0) is 6.42 Å². The predicted octanol–water partition coefficient (Wildman–Crippen LogP) is 0.852. The van der Waals surface area contributed by atoms with Crippen molar-refractivity contribution in [3.05, 3.63) is 23.9 Å². The SMILES string of the molecule is COc1ccc(CC2CNC2)cn1. The van der Waals surface area contributed by atoms with Gasteiger partial charge in [-0.25, -0.2) is 4.98 Å². The average molecular weight is 178 g/mol. The molecular weight excluding hydrogens is 164 g/mol. The molecule has 2 rings (SSSR count). The lowest BCUT2D eigenvalue weighted by molar-refractivity contribution is 0.345. The largest absolute Gasteiger partial charge is 0.481 e. The summed E-state index contributed by atoms with van der Waals surface area (Å²) in [7, 11) is 1.64. The Labute approximate surface area is 78.1 Å². The number of methoxy groups -OCH3 is 1. The summed E-state index contributed by atoms with van der Waals surface area (Å²) in [6.45, 7) is 2.29. The fraction of sp³-hybridized carbons (Fsp3) is 0.500. The Balaban J connectivity index is 1.96. The molecule has 0 amide bonds.